The zero-order chi connectivity index (χ0) is 14.6. The van der Waals surface area contributed by atoms with Crippen LogP contribution in [0.15, 0.2) is 24.3 Å². The fourth-order valence-electron chi connectivity index (χ4n) is 1.79. The Hall–Kier alpha value is -1.42. The molecule has 0 aliphatic rings. The molecule has 0 heterocycles. The van der Waals surface area contributed by atoms with Crippen molar-refractivity contribution in [3.05, 3.63) is 30.1 Å². The molecule has 1 unspecified atom stereocenters. The normalized spacial score (nSPS) is 13.4. The predicted octanol–water partition coefficient (Wildman–Crippen LogP) is 3.13. The van der Waals surface area contributed by atoms with E-state index in [0.717, 1.165) is 0 Å². The van der Waals surface area contributed by atoms with E-state index in [9.17, 15) is 9.18 Å². The van der Waals surface area contributed by atoms with E-state index in [1.165, 1.54) is 12.1 Å². The number of hydrogen-bond acceptors (Lipinski definition) is 2. The average Bonchev–Trinajstić information content (AvgIpc) is 2.26. The molecule has 1 amide bonds. The lowest BCUT2D eigenvalue weighted by Crippen LogP contribution is -2.43. The Labute approximate surface area is 114 Å². The number of halogens is 1. The van der Waals surface area contributed by atoms with Crippen molar-refractivity contribution >= 4 is 11.6 Å². The molecule has 106 valence electrons. The van der Waals surface area contributed by atoms with Crippen LogP contribution in [0.4, 0.5) is 10.1 Å². The molecule has 0 saturated carbocycles. The van der Waals surface area contributed by atoms with Crippen molar-refractivity contribution in [3.8, 4) is 0 Å². The van der Waals surface area contributed by atoms with Gasteiger partial charge in [0.2, 0.25) is 5.91 Å². The first-order valence-electron chi connectivity index (χ1n) is 6.46. The van der Waals surface area contributed by atoms with Gasteiger partial charge in [0.1, 0.15) is 5.82 Å². The summed E-state index contributed by atoms with van der Waals surface area (Å²) < 4.78 is 13.0. The highest BCUT2D eigenvalue weighted by molar-refractivity contribution is 5.92. The number of amides is 1. The number of carbonyl (C=O) groups excluding carboxylic acids is 1. The molecule has 3 nitrogen and oxygen atoms in total. The molecule has 1 atom stereocenters. The minimum absolute atomic E-state index is 0.105. The van der Waals surface area contributed by atoms with Crippen molar-refractivity contribution in [2.45, 2.75) is 33.7 Å². The van der Waals surface area contributed by atoms with Crippen molar-refractivity contribution in [3.63, 3.8) is 0 Å². The summed E-state index contributed by atoms with van der Waals surface area (Å²) in [6.07, 6.45) is 0. The van der Waals surface area contributed by atoms with Crippen LogP contribution < -0.4 is 5.32 Å². The summed E-state index contributed by atoms with van der Waals surface area (Å²) in [4.78, 5) is 13.9. The summed E-state index contributed by atoms with van der Waals surface area (Å²) in [7, 11) is 1.92. The van der Waals surface area contributed by atoms with Gasteiger partial charge in [0.25, 0.3) is 0 Å². The fourth-order valence-corrected chi connectivity index (χ4v) is 1.79. The van der Waals surface area contributed by atoms with E-state index >= 15 is 0 Å². The summed E-state index contributed by atoms with van der Waals surface area (Å²) in [5.41, 5.74) is 0.593. The fraction of sp³-hybridized carbons (Fsp3) is 0.533. The lowest BCUT2D eigenvalue weighted by molar-refractivity contribution is -0.117. The minimum atomic E-state index is -0.353. The number of rotatable bonds is 4. The third kappa shape index (κ3) is 4.99. The summed E-state index contributed by atoms with van der Waals surface area (Å²) in [6, 6.07) is 6.18. The molecule has 1 N–H and O–H groups in total. The van der Waals surface area contributed by atoms with Crippen LogP contribution in [0, 0.1) is 11.2 Å². The Morgan fingerprint density at radius 1 is 1.42 bits per heavy atom. The van der Waals surface area contributed by atoms with Crippen molar-refractivity contribution in [1.29, 1.82) is 0 Å². The largest absolute Gasteiger partial charge is 0.325 e. The average molecular weight is 266 g/mol. The third-order valence-electron chi connectivity index (χ3n) is 3.42. The van der Waals surface area contributed by atoms with Crippen molar-refractivity contribution in [1.82, 2.24) is 4.90 Å². The quantitative estimate of drug-likeness (QED) is 0.908. The summed E-state index contributed by atoms with van der Waals surface area (Å²) in [6.45, 7) is 8.79. The Morgan fingerprint density at radius 3 is 2.58 bits per heavy atom. The van der Waals surface area contributed by atoms with E-state index in [4.69, 9.17) is 0 Å². The smallest absolute Gasteiger partial charge is 0.238 e. The lowest BCUT2D eigenvalue weighted by atomic mass is 9.87. The Balaban J connectivity index is 2.56. The van der Waals surface area contributed by atoms with Gasteiger partial charge >= 0.3 is 0 Å². The molecular weight excluding hydrogens is 243 g/mol. The maximum Gasteiger partial charge on any atom is 0.238 e. The molecular formula is C15H23FN2O. The molecule has 4 heteroatoms. The number of benzene rings is 1. The van der Waals surface area contributed by atoms with Gasteiger partial charge in [-0.15, -0.1) is 0 Å². The molecule has 19 heavy (non-hydrogen) atoms. The van der Waals surface area contributed by atoms with Crippen LogP contribution in [0.1, 0.15) is 27.7 Å². The topological polar surface area (TPSA) is 32.3 Å². The van der Waals surface area contributed by atoms with E-state index in [1.54, 1.807) is 12.1 Å². The second-order valence-electron chi connectivity index (χ2n) is 6.02. The van der Waals surface area contributed by atoms with Gasteiger partial charge in [0.05, 0.1) is 6.54 Å². The molecule has 1 rings (SSSR count). The molecule has 0 bridgehead atoms. The van der Waals surface area contributed by atoms with Crippen LogP contribution in [0.3, 0.4) is 0 Å². The zero-order valence-electron chi connectivity index (χ0n) is 12.3. The van der Waals surface area contributed by atoms with Crippen LogP contribution >= 0.6 is 0 Å². The summed E-state index contributed by atoms with van der Waals surface area (Å²) in [5.74, 6) is -0.488. The van der Waals surface area contributed by atoms with Crippen molar-refractivity contribution < 1.29 is 9.18 Å². The number of anilines is 1. The Kier molecular flexibility index (Phi) is 5.06. The number of nitrogens with one attached hydrogen (secondary N) is 1. The van der Waals surface area contributed by atoms with Crippen LogP contribution in [-0.4, -0.2) is 30.4 Å². The van der Waals surface area contributed by atoms with Gasteiger partial charge in [-0.25, -0.2) is 4.39 Å². The van der Waals surface area contributed by atoms with E-state index < -0.39 is 0 Å². The molecule has 0 saturated heterocycles. The van der Waals surface area contributed by atoms with Gasteiger partial charge in [-0.3, -0.25) is 9.69 Å². The van der Waals surface area contributed by atoms with Gasteiger partial charge in [0.15, 0.2) is 0 Å². The SMILES string of the molecule is CC(N(C)CC(=O)Nc1cccc(F)c1)C(C)(C)C. The summed E-state index contributed by atoms with van der Waals surface area (Å²) in [5, 5.41) is 2.70. The number of hydrogen-bond donors (Lipinski definition) is 1. The van der Waals surface area contributed by atoms with Crippen LogP contribution in [-0.2, 0) is 4.79 Å². The molecule has 0 radical (unpaired) electrons. The molecule has 0 fully saturated rings. The van der Waals surface area contributed by atoms with Crippen LogP contribution in [0.25, 0.3) is 0 Å². The second kappa shape index (κ2) is 6.15. The van der Waals surface area contributed by atoms with Gasteiger partial charge in [-0.1, -0.05) is 26.8 Å². The van der Waals surface area contributed by atoms with Gasteiger partial charge in [-0.05, 0) is 37.6 Å². The van der Waals surface area contributed by atoms with E-state index in [2.05, 4.69) is 33.0 Å². The molecule has 0 aliphatic heterocycles. The standard InChI is InChI=1S/C15H23FN2O/c1-11(15(2,3)4)18(5)10-14(19)17-13-8-6-7-12(16)9-13/h6-9,11H,10H2,1-5H3,(H,17,19). The lowest BCUT2D eigenvalue weighted by Gasteiger charge is -2.34. The third-order valence-corrected chi connectivity index (χ3v) is 3.42. The zero-order valence-corrected chi connectivity index (χ0v) is 12.3. The first-order valence-corrected chi connectivity index (χ1v) is 6.46. The molecule has 0 spiro atoms. The first-order chi connectivity index (χ1) is 8.70. The molecule has 1 aromatic rings. The maximum absolute atomic E-state index is 13.0. The van der Waals surface area contributed by atoms with Crippen LogP contribution in [0.2, 0.25) is 0 Å². The van der Waals surface area contributed by atoms with Crippen molar-refractivity contribution in [2.24, 2.45) is 5.41 Å². The number of nitrogens with zero attached hydrogens (tertiary/aromatic N) is 1. The molecule has 0 aliphatic carbocycles. The van der Waals surface area contributed by atoms with Gasteiger partial charge in [-0.2, -0.15) is 0 Å². The monoisotopic (exact) mass is 266 g/mol. The number of carbonyl (C=O) groups is 1. The van der Waals surface area contributed by atoms with E-state index in [1.807, 2.05) is 11.9 Å². The highest BCUT2D eigenvalue weighted by Gasteiger charge is 2.24. The maximum atomic E-state index is 13.0. The van der Waals surface area contributed by atoms with Crippen molar-refractivity contribution in [2.75, 3.05) is 18.9 Å². The number of likely N-dealkylation sites (N-methyl/N-ethyl adjacent to an activating group) is 1. The highest BCUT2D eigenvalue weighted by Crippen LogP contribution is 2.22. The minimum Gasteiger partial charge on any atom is -0.325 e. The second-order valence-corrected chi connectivity index (χ2v) is 6.02. The predicted molar refractivity (Wildman–Crippen MR) is 76.6 cm³/mol. The first kappa shape index (κ1) is 15.6. The van der Waals surface area contributed by atoms with E-state index in [0.29, 0.717) is 5.69 Å². The van der Waals surface area contributed by atoms with Gasteiger partial charge in [0, 0.05) is 11.7 Å². The summed E-state index contributed by atoms with van der Waals surface area (Å²) >= 11 is 0. The molecule has 0 aromatic heterocycles. The Bertz CT molecular complexity index is 440. The highest BCUT2D eigenvalue weighted by atomic mass is 19.1. The van der Waals surface area contributed by atoms with Gasteiger partial charge < -0.3 is 5.32 Å². The Morgan fingerprint density at radius 2 is 2.05 bits per heavy atom. The van der Waals surface area contributed by atoms with Crippen LogP contribution in [0.5, 0.6) is 0 Å². The molecule has 1 aromatic carbocycles. The van der Waals surface area contributed by atoms with E-state index in [-0.39, 0.29) is 29.7 Å².